The van der Waals surface area contributed by atoms with Crippen molar-refractivity contribution in [1.29, 1.82) is 0 Å². The predicted molar refractivity (Wildman–Crippen MR) is 245 cm³/mol. The SMILES string of the molecule is COc1cc2c3cc(OC)c(OC)cc3c3cc(OCCOCCOc4cc5c6cc(OC)c(OC)cc6c6cc(OC)c(OC)cc6c5cc4OC)c(OC)cc3c2cc1OC. The lowest BCUT2D eigenvalue weighted by Gasteiger charge is -2.19. The van der Waals surface area contributed by atoms with Crippen molar-refractivity contribution in [3.05, 3.63) is 72.8 Å². The first-order valence-electron chi connectivity index (χ1n) is 20.1. The first-order valence-corrected chi connectivity index (χ1v) is 20.1. The predicted octanol–water partition coefficient (Wildman–Crippen LogP) is 10.2. The van der Waals surface area contributed by atoms with E-state index < -0.39 is 0 Å². The molecular weight excluding hydrogens is 809 g/mol. The first-order chi connectivity index (χ1) is 30.8. The maximum atomic E-state index is 6.32. The van der Waals surface area contributed by atoms with Crippen LogP contribution in [-0.2, 0) is 4.74 Å². The number of benzene rings is 8. The van der Waals surface area contributed by atoms with Gasteiger partial charge in [-0.3, -0.25) is 0 Å². The van der Waals surface area contributed by atoms with Crippen LogP contribution in [0.3, 0.4) is 0 Å². The highest BCUT2D eigenvalue weighted by Crippen LogP contribution is 2.49. The molecule has 8 aromatic carbocycles. The van der Waals surface area contributed by atoms with Crippen molar-refractivity contribution in [2.45, 2.75) is 0 Å². The van der Waals surface area contributed by atoms with E-state index in [0.717, 1.165) is 64.6 Å². The molecule has 0 aliphatic carbocycles. The van der Waals surface area contributed by atoms with Crippen LogP contribution < -0.4 is 56.8 Å². The van der Waals surface area contributed by atoms with Gasteiger partial charge in [0.15, 0.2) is 69.0 Å². The van der Waals surface area contributed by atoms with Gasteiger partial charge >= 0.3 is 0 Å². The summed E-state index contributed by atoms with van der Waals surface area (Å²) in [7, 11) is 16.2. The van der Waals surface area contributed by atoms with E-state index in [4.69, 9.17) is 61.6 Å². The zero-order valence-electron chi connectivity index (χ0n) is 37.1. The largest absolute Gasteiger partial charge is 0.493 e. The molecule has 0 saturated carbocycles. The molecule has 0 spiro atoms. The quantitative estimate of drug-likeness (QED) is 0.0602. The average Bonchev–Trinajstić information content (AvgIpc) is 3.33. The van der Waals surface area contributed by atoms with Gasteiger partial charge in [0.05, 0.1) is 84.3 Å². The minimum atomic E-state index is 0.257. The Morgan fingerprint density at radius 1 is 0.206 bits per heavy atom. The lowest BCUT2D eigenvalue weighted by Crippen LogP contribution is -2.12. The highest BCUT2D eigenvalue weighted by molar-refractivity contribution is 6.28. The highest BCUT2D eigenvalue weighted by Gasteiger charge is 2.21. The lowest BCUT2D eigenvalue weighted by molar-refractivity contribution is 0.0751. The van der Waals surface area contributed by atoms with E-state index in [9.17, 15) is 0 Å². The Hall–Kier alpha value is -7.12. The Morgan fingerprint density at radius 2 is 0.349 bits per heavy atom. The molecular formula is C50H50O13. The van der Waals surface area contributed by atoms with Crippen LogP contribution in [-0.4, -0.2) is 97.5 Å². The molecule has 0 N–H and O–H groups in total. The number of ether oxygens (including phenoxy) is 13. The van der Waals surface area contributed by atoms with Crippen LogP contribution in [0.1, 0.15) is 0 Å². The van der Waals surface area contributed by atoms with Gasteiger partial charge in [-0.15, -0.1) is 0 Å². The molecule has 0 radical (unpaired) electrons. The molecule has 13 heteroatoms. The molecule has 0 bridgehead atoms. The Morgan fingerprint density at radius 3 is 0.508 bits per heavy atom. The van der Waals surface area contributed by atoms with Crippen LogP contribution >= 0.6 is 0 Å². The molecule has 0 atom stereocenters. The fraction of sp³-hybridized carbons (Fsp3) is 0.280. The van der Waals surface area contributed by atoms with E-state index in [2.05, 4.69) is 0 Å². The van der Waals surface area contributed by atoms with E-state index in [-0.39, 0.29) is 13.2 Å². The molecule has 8 aromatic rings. The fourth-order valence-corrected chi connectivity index (χ4v) is 8.38. The molecule has 0 fully saturated rings. The average molecular weight is 859 g/mol. The Labute approximate surface area is 364 Å². The molecule has 328 valence electrons. The summed E-state index contributed by atoms with van der Waals surface area (Å²) >= 11 is 0. The van der Waals surface area contributed by atoms with Crippen molar-refractivity contribution < 1.29 is 61.6 Å². The third-order valence-electron chi connectivity index (χ3n) is 11.4. The van der Waals surface area contributed by atoms with Crippen LogP contribution in [0.25, 0.3) is 64.6 Å². The topological polar surface area (TPSA) is 120 Å². The van der Waals surface area contributed by atoms with Gasteiger partial charge in [0.1, 0.15) is 13.2 Å². The minimum Gasteiger partial charge on any atom is -0.493 e. The zero-order valence-corrected chi connectivity index (χ0v) is 37.1. The van der Waals surface area contributed by atoms with E-state index in [0.29, 0.717) is 82.2 Å². The van der Waals surface area contributed by atoms with Crippen LogP contribution in [0.2, 0.25) is 0 Å². The number of rotatable bonds is 18. The monoisotopic (exact) mass is 858 g/mol. The van der Waals surface area contributed by atoms with E-state index in [1.807, 2.05) is 72.8 Å². The highest BCUT2D eigenvalue weighted by atomic mass is 16.6. The number of methoxy groups -OCH3 is 10. The molecule has 0 saturated heterocycles. The summed E-state index contributed by atoms with van der Waals surface area (Å²) in [5.74, 6) is 7.12. The van der Waals surface area contributed by atoms with Crippen LogP contribution in [0, 0.1) is 0 Å². The van der Waals surface area contributed by atoms with E-state index >= 15 is 0 Å². The van der Waals surface area contributed by atoms with Crippen molar-refractivity contribution in [3.8, 4) is 69.0 Å². The number of hydrogen-bond donors (Lipinski definition) is 0. The van der Waals surface area contributed by atoms with Crippen molar-refractivity contribution in [2.24, 2.45) is 0 Å². The summed E-state index contributed by atoms with van der Waals surface area (Å²) < 4.78 is 76.0. The molecule has 0 aliphatic heterocycles. The zero-order chi connectivity index (χ0) is 44.4. The van der Waals surface area contributed by atoms with E-state index in [1.165, 1.54) is 0 Å². The molecule has 0 amide bonds. The Balaban J connectivity index is 1.04. The molecule has 13 nitrogen and oxygen atoms in total. The summed E-state index contributed by atoms with van der Waals surface area (Å²) in [4.78, 5) is 0. The third-order valence-corrected chi connectivity index (χ3v) is 11.4. The summed E-state index contributed by atoms with van der Waals surface area (Å²) in [6, 6.07) is 23.7. The maximum Gasteiger partial charge on any atom is 0.161 e. The second-order valence-electron chi connectivity index (χ2n) is 14.4. The summed E-state index contributed by atoms with van der Waals surface area (Å²) in [5.41, 5.74) is 0. The molecule has 63 heavy (non-hydrogen) atoms. The van der Waals surface area contributed by atoms with Crippen LogP contribution in [0.5, 0.6) is 69.0 Å². The molecule has 0 unspecified atom stereocenters. The number of hydrogen-bond acceptors (Lipinski definition) is 13. The van der Waals surface area contributed by atoms with Crippen LogP contribution in [0.4, 0.5) is 0 Å². The van der Waals surface area contributed by atoms with Gasteiger partial charge in [-0.05, 0) is 137 Å². The van der Waals surface area contributed by atoms with Crippen LogP contribution in [0.15, 0.2) is 72.8 Å². The second kappa shape index (κ2) is 18.1. The van der Waals surface area contributed by atoms with Crippen molar-refractivity contribution in [1.82, 2.24) is 0 Å². The Kier molecular flexibility index (Phi) is 12.2. The van der Waals surface area contributed by atoms with Crippen molar-refractivity contribution >= 4 is 64.6 Å². The van der Waals surface area contributed by atoms with Crippen molar-refractivity contribution in [2.75, 3.05) is 97.5 Å². The minimum absolute atomic E-state index is 0.257. The normalized spacial score (nSPS) is 11.3. The standard InChI is InChI=1S/C50H50O13/c1-51-39-15-27-29-17-41(53-3)45(57-7)21-33(29)37-25-49(47(59-9)23-35(37)31(27)19-43(39)55-5)62-13-11-61-12-14-63-50-26-38-34-22-46(58-8)42(54-4)18-30(34)28-16-40(52-2)44(56-6)20-32(28)36(38)24-48(50)60-10/h15-26H,11-14H2,1-10H3. The number of fused-ring (bicyclic) bond motifs is 12. The van der Waals surface area contributed by atoms with Gasteiger partial charge in [0.25, 0.3) is 0 Å². The summed E-state index contributed by atoms with van der Waals surface area (Å²) in [6.45, 7) is 1.10. The van der Waals surface area contributed by atoms with Gasteiger partial charge in [-0.2, -0.15) is 0 Å². The Bertz CT molecular complexity index is 2730. The van der Waals surface area contributed by atoms with Gasteiger partial charge in [-0.1, -0.05) is 0 Å². The molecule has 8 rings (SSSR count). The first kappa shape index (κ1) is 42.6. The van der Waals surface area contributed by atoms with Gasteiger partial charge in [0.2, 0.25) is 0 Å². The third kappa shape index (κ3) is 7.52. The summed E-state index contributed by atoms with van der Waals surface area (Å²) in [5, 5.41) is 11.3. The van der Waals surface area contributed by atoms with Gasteiger partial charge in [0, 0.05) is 0 Å². The van der Waals surface area contributed by atoms with Gasteiger partial charge in [-0.25, -0.2) is 0 Å². The maximum absolute atomic E-state index is 6.32. The fourth-order valence-electron chi connectivity index (χ4n) is 8.38. The smallest absolute Gasteiger partial charge is 0.161 e. The molecule has 0 aliphatic rings. The molecule has 0 aromatic heterocycles. The van der Waals surface area contributed by atoms with E-state index in [1.54, 1.807) is 71.1 Å². The van der Waals surface area contributed by atoms with Crippen molar-refractivity contribution in [3.63, 3.8) is 0 Å². The summed E-state index contributed by atoms with van der Waals surface area (Å²) in [6.07, 6.45) is 0. The molecule has 0 heterocycles. The second-order valence-corrected chi connectivity index (χ2v) is 14.4. The lowest BCUT2D eigenvalue weighted by atomic mass is 9.93. The van der Waals surface area contributed by atoms with Gasteiger partial charge < -0.3 is 61.6 Å².